The lowest BCUT2D eigenvalue weighted by molar-refractivity contribution is -0.133. The number of carbonyl (C=O) groups is 4. The van der Waals surface area contributed by atoms with Gasteiger partial charge in [-0.1, -0.05) is 29.8 Å². The highest BCUT2D eigenvalue weighted by Crippen LogP contribution is 2.29. The van der Waals surface area contributed by atoms with Gasteiger partial charge in [0.15, 0.2) is 5.78 Å². The number of hydrogen-bond donors (Lipinski definition) is 2. The number of aryl methyl sites for hydroxylation is 2. The first-order valence-electron chi connectivity index (χ1n) is 10.5. The number of anilines is 1. The lowest BCUT2D eigenvalue weighted by Crippen LogP contribution is -2.44. The number of nitrogens with one attached hydrogen (secondary N) is 2. The minimum absolute atomic E-state index is 0.0647. The molecule has 1 fully saturated rings. The molecule has 0 radical (unpaired) electrons. The van der Waals surface area contributed by atoms with Crippen LogP contribution in [0.15, 0.2) is 30.3 Å². The molecule has 2 aliphatic rings. The molecule has 166 valence electrons. The van der Waals surface area contributed by atoms with Crippen LogP contribution < -0.4 is 10.6 Å². The van der Waals surface area contributed by atoms with E-state index in [1.165, 1.54) is 0 Å². The van der Waals surface area contributed by atoms with Crippen LogP contribution in [0.2, 0.25) is 5.02 Å². The third-order valence-electron chi connectivity index (χ3n) is 6.03. The summed E-state index contributed by atoms with van der Waals surface area (Å²) in [7, 11) is 0. The molecule has 0 saturated heterocycles. The maximum atomic E-state index is 12.9. The number of Topliss-reactive ketones (excluding diaryl/α,β-unsaturated/α-hetero) is 2. The first-order chi connectivity index (χ1) is 15.2. The Morgan fingerprint density at radius 2 is 1.91 bits per heavy atom. The summed E-state index contributed by atoms with van der Waals surface area (Å²) in [5.41, 5.74) is 4.64. The number of ketones is 2. The standard InChI is InChI=1S/C24H24ClN3O4/c1-13-7-14(2)20(10-19(13)25)27-24(32)26-11-15-3-4-16-12-28(23(31)18(16)8-15)21-6-5-17(29)9-22(21)30/h3-4,7-8,10,21H,5-6,9,11-12H2,1-2H3,(H2,26,27,32). The Hall–Kier alpha value is -3.19. The molecular formula is C24H24ClN3O4. The molecule has 0 aromatic heterocycles. The Morgan fingerprint density at radius 1 is 1.12 bits per heavy atom. The first kappa shape index (κ1) is 22.0. The van der Waals surface area contributed by atoms with Gasteiger partial charge in [-0.05, 0) is 54.7 Å². The van der Waals surface area contributed by atoms with Gasteiger partial charge in [0.1, 0.15) is 5.78 Å². The van der Waals surface area contributed by atoms with Gasteiger partial charge in [0.05, 0.1) is 12.5 Å². The maximum Gasteiger partial charge on any atom is 0.319 e. The van der Waals surface area contributed by atoms with Crippen LogP contribution in [0.25, 0.3) is 0 Å². The number of hydrogen-bond acceptors (Lipinski definition) is 4. The molecule has 0 spiro atoms. The number of nitrogens with zero attached hydrogens (tertiary/aromatic N) is 1. The van der Waals surface area contributed by atoms with Crippen LogP contribution >= 0.6 is 11.6 Å². The van der Waals surface area contributed by atoms with Crippen molar-refractivity contribution >= 4 is 40.8 Å². The van der Waals surface area contributed by atoms with E-state index in [1.54, 1.807) is 17.0 Å². The molecule has 2 aromatic rings. The minimum Gasteiger partial charge on any atom is -0.334 e. The van der Waals surface area contributed by atoms with Crippen LogP contribution in [-0.2, 0) is 22.7 Å². The van der Waals surface area contributed by atoms with Gasteiger partial charge < -0.3 is 15.5 Å². The van der Waals surface area contributed by atoms with Gasteiger partial charge in [0.25, 0.3) is 5.91 Å². The third kappa shape index (κ3) is 4.39. The summed E-state index contributed by atoms with van der Waals surface area (Å²) in [6.07, 6.45) is 0.613. The number of carbonyl (C=O) groups excluding carboxylic acids is 4. The van der Waals surface area contributed by atoms with Crippen molar-refractivity contribution in [3.05, 3.63) is 63.2 Å². The fourth-order valence-electron chi connectivity index (χ4n) is 4.23. The van der Waals surface area contributed by atoms with E-state index >= 15 is 0 Å². The van der Waals surface area contributed by atoms with Crippen LogP contribution in [-0.4, -0.2) is 34.4 Å². The van der Waals surface area contributed by atoms with E-state index in [1.807, 2.05) is 32.0 Å². The Labute approximate surface area is 191 Å². The van der Waals surface area contributed by atoms with Gasteiger partial charge >= 0.3 is 6.03 Å². The molecule has 1 atom stereocenters. The predicted octanol–water partition coefficient (Wildman–Crippen LogP) is 3.93. The molecule has 1 aliphatic heterocycles. The summed E-state index contributed by atoms with van der Waals surface area (Å²) in [5, 5.41) is 6.16. The van der Waals surface area contributed by atoms with Crippen molar-refractivity contribution in [1.82, 2.24) is 10.2 Å². The van der Waals surface area contributed by atoms with E-state index in [9.17, 15) is 19.2 Å². The van der Waals surface area contributed by atoms with Crippen molar-refractivity contribution in [2.75, 3.05) is 5.32 Å². The van der Waals surface area contributed by atoms with Crippen LogP contribution in [0.4, 0.5) is 10.5 Å². The molecule has 1 aliphatic carbocycles. The van der Waals surface area contributed by atoms with Gasteiger partial charge in [-0.3, -0.25) is 14.4 Å². The number of urea groups is 1. The summed E-state index contributed by atoms with van der Waals surface area (Å²) < 4.78 is 0. The molecule has 1 heterocycles. The lowest BCUT2D eigenvalue weighted by atomic mass is 9.92. The second kappa shape index (κ2) is 8.74. The minimum atomic E-state index is -0.537. The molecule has 3 amide bonds. The summed E-state index contributed by atoms with van der Waals surface area (Å²) in [5.74, 6) is -0.457. The Morgan fingerprint density at radius 3 is 2.66 bits per heavy atom. The molecule has 8 heteroatoms. The molecule has 0 bridgehead atoms. The number of rotatable bonds is 4. The number of halogens is 1. The average molecular weight is 454 g/mol. The van der Waals surface area contributed by atoms with Crippen LogP contribution in [0.1, 0.15) is 51.9 Å². The summed E-state index contributed by atoms with van der Waals surface area (Å²) in [4.78, 5) is 50.6. The van der Waals surface area contributed by atoms with Crippen molar-refractivity contribution < 1.29 is 19.2 Å². The lowest BCUT2D eigenvalue weighted by Gasteiger charge is -2.29. The monoisotopic (exact) mass is 453 g/mol. The zero-order valence-electron chi connectivity index (χ0n) is 18.0. The Kier molecular flexibility index (Phi) is 6.02. The van der Waals surface area contributed by atoms with Gasteiger partial charge in [-0.15, -0.1) is 0 Å². The van der Waals surface area contributed by atoms with E-state index in [2.05, 4.69) is 10.6 Å². The van der Waals surface area contributed by atoms with Crippen LogP contribution in [0, 0.1) is 13.8 Å². The van der Waals surface area contributed by atoms with E-state index < -0.39 is 6.04 Å². The predicted molar refractivity (Wildman–Crippen MR) is 121 cm³/mol. The highest BCUT2D eigenvalue weighted by atomic mass is 35.5. The van der Waals surface area contributed by atoms with E-state index in [4.69, 9.17) is 11.6 Å². The van der Waals surface area contributed by atoms with Gasteiger partial charge in [0.2, 0.25) is 0 Å². The van der Waals surface area contributed by atoms with Gasteiger partial charge in [-0.25, -0.2) is 4.79 Å². The molecule has 1 unspecified atom stereocenters. The molecule has 32 heavy (non-hydrogen) atoms. The highest BCUT2D eigenvalue weighted by Gasteiger charge is 2.38. The van der Waals surface area contributed by atoms with Gasteiger partial charge in [-0.2, -0.15) is 0 Å². The van der Waals surface area contributed by atoms with Crippen LogP contribution in [0.3, 0.4) is 0 Å². The van der Waals surface area contributed by atoms with E-state index in [-0.39, 0.29) is 36.5 Å². The van der Waals surface area contributed by atoms with Crippen LogP contribution in [0.5, 0.6) is 0 Å². The number of amides is 3. The average Bonchev–Trinajstić information content (AvgIpc) is 3.06. The van der Waals surface area contributed by atoms with Crippen molar-refractivity contribution in [2.45, 2.75) is 52.2 Å². The zero-order chi connectivity index (χ0) is 23.0. The molecule has 2 aromatic carbocycles. The normalized spacial score (nSPS) is 18.0. The van der Waals surface area contributed by atoms with E-state index in [0.29, 0.717) is 35.7 Å². The number of benzene rings is 2. The molecule has 7 nitrogen and oxygen atoms in total. The molecular weight excluding hydrogens is 430 g/mol. The highest BCUT2D eigenvalue weighted by molar-refractivity contribution is 6.31. The van der Waals surface area contributed by atoms with E-state index in [0.717, 1.165) is 22.3 Å². The topological polar surface area (TPSA) is 95.6 Å². The Bertz CT molecular complexity index is 1140. The summed E-state index contributed by atoms with van der Waals surface area (Å²) >= 11 is 6.15. The Balaban J connectivity index is 1.40. The first-order valence-corrected chi connectivity index (χ1v) is 10.9. The maximum absolute atomic E-state index is 12.9. The smallest absolute Gasteiger partial charge is 0.319 e. The molecule has 4 rings (SSSR count). The van der Waals surface area contributed by atoms with Crippen molar-refractivity contribution in [3.63, 3.8) is 0 Å². The SMILES string of the molecule is Cc1cc(C)c(NC(=O)NCc2ccc3c(c2)C(=O)N(C2CCC(=O)CC2=O)C3)cc1Cl. The fraction of sp³-hybridized carbons (Fsp3) is 0.333. The molecule has 2 N–H and O–H groups in total. The number of fused-ring (bicyclic) bond motifs is 1. The summed E-state index contributed by atoms with van der Waals surface area (Å²) in [6.45, 7) is 4.39. The second-order valence-corrected chi connectivity index (χ2v) is 8.79. The van der Waals surface area contributed by atoms with Gasteiger partial charge in [0, 0.05) is 35.8 Å². The van der Waals surface area contributed by atoms with Crippen molar-refractivity contribution in [1.29, 1.82) is 0 Å². The zero-order valence-corrected chi connectivity index (χ0v) is 18.7. The second-order valence-electron chi connectivity index (χ2n) is 8.38. The fourth-order valence-corrected chi connectivity index (χ4v) is 4.39. The van der Waals surface area contributed by atoms with Crippen molar-refractivity contribution in [3.8, 4) is 0 Å². The third-order valence-corrected chi connectivity index (χ3v) is 6.44. The quantitative estimate of drug-likeness (QED) is 0.686. The largest absolute Gasteiger partial charge is 0.334 e. The molecule has 1 saturated carbocycles. The van der Waals surface area contributed by atoms with Crippen molar-refractivity contribution in [2.24, 2.45) is 0 Å². The summed E-state index contributed by atoms with van der Waals surface area (Å²) in [6, 6.07) is 8.17.